The van der Waals surface area contributed by atoms with Crippen molar-refractivity contribution in [2.24, 2.45) is 0 Å². The van der Waals surface area contributed by atoms with E-state index in [0.29, 0.717) is 23.9 Å². The molecule has 2 fully saturated rings. The SMILES string of the molecule is CSc1ncccc1C(=O)NCCn1nc(C2CC2)cc1C1CC1. The van der Waals surface area contributed by atoms with Gasteiger partial charge in [0, 0.05) is 30.3 Å². The minimum Gasteiger partial charge on any atom is -0.350 e. The smallest absolute Gasteiger partial charge is 0.254 e. The van der Waals surface area contributed by atoms with E-state index in [4.69, 9.17) is 5.10 Å². The maximum atomic E-state index is 12.4. The van der Waals surface area contributed by atoms with Crippen molar-refractivity contribution in [2.75, 3.05) is 12.8 Å². The van der Waals surface area contributed by atoms with Gasteiger partial charge in [-0.25, -0.2) is 4.98 Å². The fraction of sp³-hybridized carbons (Fsp3) is 0.500. The summed E-state index contributed by atoms with van der Waals surface area (Å²) in [5.74, 6) is 1.30. The fourth-order valence-electron chi connectivity index (χ4n) is 3.01. The standard InChI is InChI=1S/C18H22N4OS/c1-24-18-14(3-2-8-20-18)17(23)19-9-10-22-16(13-6-7-13)11-15(21-22)12-4-5-12/h2-3,8,11-13H,4-7,9-10H2,1H3,(H,19,23). The van der Waals surface area contributed by atoms with Crippen molar-refractivity contribution in [2.45, 2.75) is 49.1 Å². The molecule has 1 amide bonds. The van der Waals surface area contributed by atoms with Gasteiger partial charge in [0.1, 0.15) is 5.03 Å². The van der Waals surface area contributed by atoms with Gasteiger partial charge in [-0.1, -0.05) is 0 Å². The fourth-order valence-corrected chi connectivity index (χ4v) is 3.56. The van der Waals surface area contributed by atoms with Crippen molar-refractivity contribution in [3.05, 3.63) is 41.3 Å². The van der Waals surface area contributed by atoms with Crippen LogP contribution in [0.15, 0.2) is 29.4 Å². The number of hydrogen-bond acceptors (Lipinski definition) is 4. The van der Waals surface area contributed by atoms with Crippen molar-refractivity contribution in [3.63, 3.8) is 0 Å². The van der Waals surface area contributed by atoms with Gasteiger partial charge < -0.3 is 5.32 Å². The van der Waals surface area contributed by atoms with E-state index < -0.39 is 0 Å². The van der Waals surface area contributed by atoms with E-state index in [0.717, 1.165) is 11.6 Å². The van der Waals surface area contributed by atoms with E-state index >= 15 is 0 Å². The molecule has 2 aliphatic rings. The number of carbonyl (C=O) groups excluding carboxylic acids is 1. The van der Waals surface area contributed by atoms with E-state index in [1.807, 2.05) is 12.3 Å². The first-order valence-electron chi connectivity index (χ1n) is 8.61. The molecule has 6 heteroatoms. The van der Waals surface area contributed by atoms with Crippen LogP contribution in [0.2, 0.25) is 0 Å². The zero-order valence-electron chi connectivity index (χ0n) is 13.9. The molecular weight excluding hydrogens is 320 g/mol. The number of thioether (sulfide) groups is 1. The van der Waals surface area contributed by atoms with Crippen molar-refractivity contribution >= 4 is 17.7 Å². The number of hydrogen-bond donors (Lipinski definition) is 1. The summed E-state index contributed by atoms with van der Waals surface area (Å²) < 4.78 is 2.12. The van der Waals surface area contributed by atoms with Crippen molar-refractivity contribution in [1.82, 2.24) is 20.1 Å². The Labute approximate surface area is 146 Å². The molecule has 5 nitrogen and oxygen atoms in total. The monoisotopic (exact) mass is 342 g/mol. The van der Waals surface area contributed by atoms with Gasteiger partial charge in [-0.05, 0) is 50.1 Å². The third-order valence-electron chi connectivity index (χ3n) is 4.64. The quantitative estimate of drug-likeness (QED) is 0.785. The molecular formula is C18H22N4OS. The Morgan fingerprint density at radius 2 is 2.12 bits per heavy atom. The van der Waals surface area contributed by atoms with Crippen LogP contribution in [0, 0.1) is 0 Å². The molecule has 0 spiro atoms. The third-order valence-corrected chi connectivity index (χ3v) is 5.35. The molecule has 2 aromatic heterocycles. The predicted molar refractivity (Wildman–Crippen MR) is 94.5 cm³/mol. The first-order chi connectivity index (χ1) is 11.8. The molecule has 2 aromatic rings. The lowest BCUT2D eigenvalue weighted by atomic mass is 10.2. The maximum Gasteiger partial charge on any atom is 0.254 e. The van der Waals surface area contributed by atoms with Crippen LogP contribution in [-0.4, -0.2) is 33.5 Å². The average Bonchev–Trinajstić information content (AvgIpc) is 3.53. The van der Waals surface area contributed by atoms with Crippen LogP contribution in [-0.2, 0) is 6.54 Å². The van der Waals surface area contributed by atoms with Crippen LogP contribution in [0.4, 0.5) is 0 Å². The van der Waals surface area contributed by atoms with Crippen LogP contribution in [0.3, 0.4) is 0 Å². The lowest BCUT2D eigenvalue weighted by molar-refractivity contribution is 0.0948. The predicted octanol–water partition coefficient (Wildman–Crippen LogP) is 3.18. The van der Waals surface area contributed by atoms with Crippen LogP contribution in [0.25, 0.3) is 0 Å². The van der Waals surface area contributed by atoms with Gasteiger partial charge in [0.25, 0.3) is 5.91 Å². The number of pyridine rings is 1. The molecule has 24 heavy (non-hydrogen) atoms. The maximum absolute atomic E-state index is 12.4. The lowest BCUT2D eigenvalue weighted by Crippen LogP contribution is -2.28. The molecule has 0 aromatic carbocycles. The van der Waals surface area contributed by atoms with Gasteiger partial charge in [0.15, 0.2) is 0 Å². The Kier molecular flexibility index (Phi) is 4.31. The molecule has 126 valence electrons. The first-order valence-corrected chi connectivity index (χ1v) is 9.83. The first kappa shape index (κ1) is 15.7. The summed E-state index contributed by atoms with van der Waals surface area (Å²) in [5.41, 5.74) is 3.25. The van der Waals surface area contributed by atoms with E-state index in [1.165, 1.54) is 48.8 Å². The van der Waals surface area contributed by atoms with E-state index in [-0.39, 0.29) is 5.91 Å². The number of nitrogens with one attached hydrogen (secondary N) is 1. The minimum absolute atomic E-state index is 0.0602. The van der Waals surface area contributed by atoms with Gasteiger partial charge >= 0.3 is 0 Å². The number of nitrogens with zero attached hydrogens (tertiary/aromatic N) is 3. The topological polar surface area (TPSA) is 59.8 Å². The molecule has 4 rings (SSSR count). The number of rotatable bonds is 7. The zero-order valence-corrected chi connectivity index (χ0v) is 14.7. The summed E-state index contributed by atoms with van der Waals surface area (Å²) in [6, 6.07) is 5.92. The van der Waals surface area contributed by atoms with Gasteiger partial charge in [-0.3, -0.25) is 9.48 Å². The second kappa shape index (κ2) is 6.59. The van der Waals surface area contributed by atoms with Gasteiger partial charge in [0.05, 0.1) is 17.8 Å². The number of aromatic nitrogens is 3. The largest absolute Gasteiger partial charge is 0.350 e. The van der Waals surface area contributed by atoms with Gasteiger partial charge in [-0.2, -0.15) is 5.10 Å². The van der Waals surface area contributed by atoms with Crippen LogP contribution < -0.4 is 5.32 Å². The molecule has 2 aliphatic carbocycles. The highest BCUT2D eigenvalue weighted by molar-refractivity contribution is 7.98. The van der Waals surface area contributed by atoms with Crippen LogP contribution in [0.1, 0.15) is 59.3 Å². The van der Waals surface area contributed by atoms with Crippen molar-refractivity contribution in [1.29, 1.82) is 0 Å². The molecule has 2 saturated carbocycles. The molecule has 0 saturated heterocycles. The normalized spacial score (nSPS) is 17.0. The Balaban J connectivity index is 1.39. The van der Waals surface area contributed by atoms with Gasteiger partial charge in [-0.15, -0.1) is 11.8 Å². The molecule has 0 atom stereocenters. The molecule has 0 unspecified atom stereocenters. The molecule has 0 bridgehead atoms. The van der Waals surface area contributed by atoms with Crippen molar-refractivity contribution in [3.8, 4) is 0 Å². The van der Waals surface area contributed by atoms with Crippen LogP contribution >= 0.6 is 11.8 Å². The Morgan fingerprint density at radius 3 is 2.83 bits per heavy atom. The molecule has 2 heterocycles. The van der Waals surface area contributed by atoms with E-state index in [9.17, 15) is 4.79 Å². The summed E-state index contributed by atoms with van der Waals surface area (Å²) in [4.78, 5) is 16.6. The molecule has 1 N–H and O–H groups in total. The lowest BCUT2D eigenvalue weighted by Gasteiger charge is -2.09. The second-order valence-electron chi connectivity index (χ2n) is 6.58. The van der Waals surface area contributed by atoms with Gasteiger partial charge in [0.2, 0.25) is 0 Å². The Bertz CT molecular complexity index is 749. The highest BCUT2D eigenvalue weighted by Crippen LogP contribution is 2.44. The second-order valence-corrected chi connectivity index (χ2v) is 7.38. The van der Waals surface area contributed by atoms with Crippen LogP contribution in [0.5, 0.6) is 0 Å². The summed E-state index contributed by atoms with van der Waals surface area (Å²) in [5, 5.41) is 8.56. The third kappa shape index (κ3) is 3.34. The summed E-state index contributed by atoms with van der Waals surface area (Å²) in [6.45, 7) is 1.33. The highest BCUT2D eigenvalue weighted by Gasteiger charge is 2.32. The Hall–Kier alpha value is -1.82. The summed E-state index contributed by atoms with van der Waals surface area (Å²) in [6.07, 6.45) is 8.74. The van der Waals surface area contributed by atoms with Crippen molar-refractivity contribution < 1.29 is 4.79 Å². The molecule has 0 radical (unpaired) electrons. The minimum atomic E-state index is -0.0602. The highest BCUT2D eigenvalue weighted by atomic mass is 32.2. The average molecular weight is 342 g/mol. The summed E-state index contributed by atoms with van der Waals surface area (Å²) >= 11 is 1.49. The summed E-state index contributed by atoms with van der Waals surface area (Å²) in [7, 11) is 0. The van der Waals surface area contributed by atoms with E-state index in [2.05, 4.69) is 21.0 Å². The Morgan fingerprint density at radius 1 is 1.33 bits per heavy atom. The number of amides is 1. The number of carbonyl (C=O) groups is 1. The van der Waals surface area contributed by atoms with E-state index in [1.54, 1.807) is 12.3 Å². The zero-order chi connectivity index (χ0) is 16.5. The molecule has 0 aliphatic heterocycles.